The Bertz CT molecular complexity index is 1190. The number of nitrogens with one attached hydrogen (secondary N) is 3. The highest BCUT2D eigenvalue weighted by molar-refractivity contribution is 6.00. The fraction of sp³-hybridized carbons (Fsp3) is 0.208. The topological polar surface area (TPSA) is 85.9 Å². The minimum absolute atomic E-state index is 0.187. The third-order valence-corrected chi connectivity index (χ3v) is 5.78. The summed E-state index contributed by atoms with van der Waals surface area (Å²) in [7, 11) is 0. The first kappa shape index (κ1) is 19.1. The van der Waals surface area contributed by atoms with Gasteiger partial charge in [-0.2, -0.15) is 5.10 Å². The van der Waals surface area contributed by atoms with Gasteiger partial charge in [0, 0.05) is 29.9 Å². The van der Waals surface area contributed by atoms with Gasteiger partial charge in [0.2, 0.25) is 0 Å². The van der Waals surface area contributed by atoms with Gasteiger partial charge in [0.1, 0.15) is 0 Å². The van der Waals surface area contributed by atoms with Gasteiger partial charge in [-0.1, -0.05) is 30.3 Å². The van der Waals surface area contributed by atoms with E-state index in [9.17, 15) is 4.79 Å². The van der Waals surface area contributed by atoms with Crippen molar-refractivity contribution in [2.24, 2.45) is 0 Å². The van der Waals surface area contributed by atoms with Gasteiger partial charge < -0.3 is 15.5 Å². The summed E-state index contributed by atoms with van der Waals surface area (Å²) < 4.78 is 0. The number of urea groups is 1. The van der Waals surface area contributed by atoms with Crippen LogP contribution in [0.5, 0.6) is 0 Å². The first-order valence-corrected chi connectivity index (χ1v) is 10.5. The van der Waals surface area contributed by atoms with Crippen LogP contribution in [0.2, 0.25) is 0 Å². The zero-order valence-corrected chi connectivity index (χ0v) is 17.1. The molecule has 1 aliphatic heterocycles. The minimum atomic E-state index is -0.217. The lowest BCUT2D eigenvalue weighted by Crippen LogP contribution is -2.47. The van der Waals surface area contributed by atoms with Crippen molar-refractivity contribution < 1.29 is 4.79 Å². The van der Waals surface area contributed by atoms with E-state index >= 15 is 0 Å². The number of anilines is 2. The number of nitrogens with zero attached hydrogens (tertiary/aromatic N) is 3. The maximum Gasteiger partial charge on any atom is 0.319 e. The molecule has 2 aromatic heterocycles. The Hall–Kier alpha value is -3.87. The zero-order valence-electron chi connectivity index (χ0n) is 17.1. The number of benzene rings is 2. The average Bonchev–Trinajstić information content (AvgIpc) is 3.29. The molecule has 0 bridgehead atoms. The fourth-order valence-electron chi connectivity index (χ4n) is 4.22. The molecule has 156 valence electrons. The number of carbonyl (C=O) groups is 1. The van der Waals surface area contributed by atoms with Crippen LogP contribution < -0.4 is 15.5 Å². The normalized spacial score (nSPS) is 15.5. The second-order valence-corrected chi connectivity index (χ2v) is 7.74. The summed E-state index contributed by atoms with van der Waals surface area (Å²) in [5, 5.41) is 13.9. The lowest BCUT2D eigenvalue weighted by Gasteiger charge is -2.39. The Morgan fingerprint density at radius 1 is 1.10 bits per heavy atom. The van der Waals surface area contributed by atoms with Crippen molar-refractivity contribution >= 4 is 28.3 Å². The molecule has 31 heavy (non-hydrogen) atoms. The van der Waals surface area contributed by atoms with Crippen LogP contribution in [0.25, 0.3) is 10.9 Å². The Morgan fingerprint density at radius 2 is 2.00 bits per heavy atom. The third kappa shape index (κ3) is 4.07. The first-order chi connectivity index (χ1) is 15.3. The van der Waals surface area contributed by atoms with Crippen LogP contribution in [-0.2, 0) is 13.0 Å². The highest BCUT2D eigenvalue weighted by atomic mass is 16.2. The predicted molar refractivity (Wildman–Crippen MR) is 122 cm³/mol. The Morgan fingerprint density at radius 3 is 2.90 bits per heavy atom. The second-order valence-electron chi connectivity index (χ2n) is 7.74. The number of aromatic amines is 1. The summed E-state index contributed by atoms with van der Waals surface area (Å²) in [5.41, 5.74) is 5.20. The van der Waals surface area contributed by atoms with E-state index in [-0.39, 0.29) is 12.1 Å². The van der Waals surface area contributed by atoms with Gasteiger partial charge in [0.05, 0.1) is 29.6 Å². The Kier molecular flexibility index (Phi) is 5.22. The number of aryl methyl sites for hydroxylation is 1. The SMILES string of the molecule is O=C(NCC1CCc2ccccc2N1Cc1ccccn1)Nc1cccc2[nH]ncc12. The monoisotopic (exact) mass is 412 g/mol. The van der Waals surface area contributed by atoms with Crippen molar-refractivity contribution in [2.75, 3.05) is 16.8 Å². The lowest BCUT2D eigenvalue weighted by molar-refractivity contribution is 0.251. The summed E-state index contributed by atoms with van der Waals surface area (Å²) in [6.45, 7) is 1.26. The van der Waals surface area contributed by atoms with Gasteiger partial charge in [-0.05, 0) is 48.7 Å². The van der Waals surface area contributed by atoms with E-state index in [1.807, 2.05) is 42.6 Å². The summed E-state index contributed by atoms with van der Waals surface area (Å²) in [4.78, 5) is 19.5. The quantitative estimate of drug-likeness (QED) is 0.461. The molecule has 3 heterocycles. The number of amides is 2. The average molecular weight is 412 g/mol. The molecule has 0 saturated heterocycles. The van der Waals surface area contributed by atoms with E-state index in [0.717, 1.165) is 35.1 Å². The van der Waals surface area contributed by atoms with Crippen molar-refractivity contribution in [2.45, 2.75) is 25.4 Å². The maximum absolute atomic E-state index is 12.6. The third-order valence-electron chi connectivity index (χ3n) is 5.78. The number of para-hydroxylation sites is 1. The fourth-order valence-corrected chi connectivity index (χ4v) is 4.22. The number of aromatic nitrogens is 3. The lowest BCUT2D eigenvalue weighted by atomic mass is 9.95. The van der Waals surface area contributed by atoms with Crippen molar-refractivity contribution in [3.05, 3.63) is 84.3 Å². The van der Waals surface area contributed by atoms with Crippen LogP contribution in [-0.4, -0.2) is 33.8 Å². The van der Waals surface area contributed by atoms with Crippen LogP contribution >= 0.6 is 0 Å². The zero-order chi connectivity index (χ0) is 21.0. The molecular weight excluding hydrogens is 388 g/mol. The maximum atomic E-state index is 12.6. The van der Waals surface area contributed by atoms with Gasteiger partial charge in [-0.25, -0.2) is 4.79 Å². The Balaban J connectivity index is 1.30. The molecule has 1 atom stereocenters. The molecule has 0 aliphatic carbocycles. The van der Waals surface area contributed by atoms with E-state index < -0.39 is 0 Å². The van der Waals surface area contributed by atoms with Gasteiger partial charge in [-0.3, -0.25) is 10.1 Å². The number of hydrogen-bond acceptors (Lipinski definition) is 4. The molecule has 3 N–H and O–H groups in total. The van der Waals surface area contributed by atoms with E-state index in [2.05, 4.69) is 55.0 Å². The molecular formula is C24H24N6O. The van der Waals surface area contributed by atoms with Crippen LogP contribution in [0.15, 0.2) is 73.1 Å². The van der Waals surface area contributed by atoms with Crippen molar-refractivity contribution in [1.29, 1.82) is 0 Å². The highest BCUT2D eigenvalue weighted by Gasteiger charge is 2.26. The molecule has 2 amide bonds. The molecule has 1 unspecified atom stereocenters. The minimum Gasteiger partial charge on any atom is -0.361 e. The molecule has 5 rings (SSSR count). The molecule has 1 aliphatic rings. The number of fused-ring (bicyclic) bond motifs is 2. The molecule has 0 spiro atoms. The van der Waals surface area contributed by atoms with Crippen molar-refractivity contribution in [1.82, 2.24) is 20.5 Å². The van der Waals surface area contributed by atoms with Crippen LogP contribution in [0, 0.1) is 0 Å². The summed E-state index contributed by atoms with van der Waals surface area (Å²) in [6, 6.07) is 20.1. The molecule has 0 radical (unpaired) electrons. The standard InChI is InChI=1S/C24H24N6O/c31-24(28-21-8-5-9-22-20(21)15-27-29-22)26-14-19-12-11-17-6-1-2-10-23(17)30(19)16-18-7-3-4-13-25-18/h1-10,13,15,19H,11-12,14,16H2,(H,27,29)(H2,26,28,31). The molecule has 7 nitrogen and oxygen atoms in total. The highest BCUT2D eigenvalue weighted by Crippen LogP contribution is 2.31. The molecule has 2 aromatic carbocycles. The van der Waals surface area contributed by atoms with E-state index in [4.69, 9.17) is 0 Å². The van der Waals surface area contributed by atoms with E-state index in [0.29, 0.717) is 13.1 Å². The number of pyridine rings is 1. The smallest absolute Gasteiger partial charge is 0.319 e. The Labute approximate surface area is 180 Å². The molecule has 0 saturated carbocycles. The largest absolute Gasteiger partial charge is 0.361 e. The van der Waals surface area contributed by atoms with E-state index in [1.165, 1.54) is 11.3 Å². The molecule has 7 heteroatoms. The number of H-pyrrole nitrogens is 1. The first-order valence-electron chi connectivity index (χ1n) is 10.5. The van der Waals surface area contributed by atoms with Gasteiger partial charge >= 0.3 is 6.03 Å². The van der Waals surface area contributed by atoms with Gasteiger partial charge in [0.15, 0.2) is 0 Å². The van der Waals surface area contributed by atoms with Gasteiger partial charge in [0.25, 0.3) is 0 Å². The van der Waals surface area contributed by atoms with Crippen LogP contribution in [0.1, 0.15) is 17.7 Å². The van der Waals surface area contributed by atoms with Crippen LogP contribution in [0.3, 0.4) is 0 Å². The summed E-state index contributed by atoms with van der Waals surface area (Å²) in [5.74, 6) is 0. The van der Waals surface area contributed by atoms with Crippen molar-refractivity contribution in [3.8, 4) is 0 Å². The second kappa shape index (κ2) is 8.47. The summed E-state index contributed by atoms with van der Waals surface area (Å²) in [6.07, 6.45) is 5.51. The van der Waals surface area contributed by atoms with Crippen LogP contribution in [0.4, 0.5) is 16.2 Å². The van der Waals surface area contributed by atoms with Crippen molar-refractivity contribution in [3.63, 3.8) is 0 Å². The molecule has 4 aromatic rings. The molecule has 0 fully saturated rings. The number of hydrogen-bond donors (Lipinski definition) is 3. The number of carbonyl (C=O) groups excluding carboxylic acids is 1. The summed E-state index contributed by atoms with van der Waals surface area (Å²) >= 11 is 0. The number of rotatable bonds is 5. The predicted octanol–water partition coefficient (Wildman–Crippen LogP) is 4.10. The van der Waals surface area contributed by atoms with Gasteiger partial charge in [-0.15, -0.1) is 0 Å². The van der Waals surface area contributed by atoms with E-state index in [1.54, 1.807) is 6.20 Å².